The van der Waals surface area contributed by atoms with Crippen molar-refractivity contribution in [1.29, 1.82) is 0 Å². The van der Waals surface area contributed by atoms with Crippen LogP contribution < -0.4 is 16.1 Å². The summed E-state index contributed by atoms with van der Waals surface area (Å²) >= 11 is 0. The van der Waals surface area contributed by atoms with Crippen LogP contribution in [-0.4, -0.2) is 87.4 Å². The lowest BCUT2D eigenvalue weighted by atomic mass is 9.85. The molecule has 4 rings (SSSR count). The van der Waals surface area contributed by atoms with Gasteiger partial charge in [0.1, 0.15) is 35.8 Å². The maximum Gasteiger partial charge on any atom is 0.325 e. The number of nitrogens with one attached hydrogen (secondary N) is 3. The topological polar surface area (TPSA) is 191 Å². The average molecular weight is 859 g/mol. The van der Waals surface area contributed by atoms with Crippen LogP contribution in [0, 0.1) is 23.7 Å². The fourth-order valence-electron chi connectivity index (χ4n) is 8.35. The Bertz CT molecular complexity index is 1810. The number of hydrogen-bond acceptors (Lipinski definition) is 10. The minimum absolute atomic E-state index is 0.00892. The number of fused-ring (bicyclic) bond motifs is 2. The highest BCUT2D eigenvalue weighted by molar-refractivity contribution is 5.93. The molecule has 0 spiro atoms. The van der Waals surface area contributed by atoms with Gasteiger partial charge in [0.25, 0.3) is 5.91 Å². The molecule has 3 aliphatic rings. The van der Waals surface area contributed by atoms with Crippen LogP contribution >= 0.6 is 0 Å². The highest BCUT2D eigenvalue weighted by atomic mass is 16.5. The molecule has 0 aromatic heterocycles. The number of hydrogen-bond donors (Lipinski definition) is 5. The van der Waals surface area contributed by atoms with Gasteiger partial charge in [0.2, 0.25) is 11.8 Å². The zero-order valence-electron chi connectivity index (χ0n) is 37.4. The number of carbonyl (C=O) groups excluding carboxylic acids is 6. The van der Waals surface area contributed by atoms with Crippen molar-refractivity contribution >= 4 is 35.3 Å². The molecule has 1 saturated carbocycles. The first-order chi connectivity index (χ1) is 29.6. The smallest absolute Gasteiger partial charge is 0.325 e. The zero-order valence-corrected chi connectivity index (χ0v) is 37.4. The van der Waals surface area contributed by atoms with Gasteiger partial charge in [-0.25, -0.2) is 5.43 Å². The number of cyclic esters (lactones) is 1. The maximum absolute atomic E-state index is 14.4. The highest BCUT2D eigenvalue weighted by Crippen LogP contribution is 2.28. The summed E-state index contributed by atoms with van der Waals surface area (Å²) in [5.41, 5.74) is 4.34. The quantitative estimate of drug-likeness (QED) is 0.0908. The molecule has 2 heterocycles. The van der Waals surface area contributed by atoms with Gasteiger partial charge in [-0.15, -0.1) is 0 Å². The van der Waals surface area contributed by atoms with Crippen LogP contribution in [0.25, 0.3) is 0 Å². The first-order valence-corrected chi connectivity index (χ1v) is 22.7. The van der Waals surface area contributed by atoms with Crippen LogP contribution in [-0.2, 0) is 39.9 Å². The molecule has 1 saturated heterocycles. The van der Waals surface area contributed by atoms with Gasteiger partial charge in [-0.1, -0.05) is 101 Å². The van der Waals surface area contributed by atoms with Crippen molar-refractivity contribution in [3.63, 3.8) is 0 Å². The summed E-state index contributed by atoms with van der Waals surface area (Å²) in [6.07, 6.45) is 19.9. The van der Waals surface area contributed by atoms with Crippen molar-refractivity contribution in [2.24, 2.45) is 23.7 Å². The molecule has 5 N–H and O–H groups in total. The number of aliphatic hydroxyl groups excluding tert-OH is 1. The van der Waals surface area contributed by atoms with E-state index in [0.717, 1.165) is 12.0 Å². The Kier molecular flexibility index (Phi) is 20.3. The fraction of sp³-hybridized carbons (Fsp3) is 0.592. The largest absolute Gasteiger partial charge is 0.508 e. The van der Waals surface area contributed by atoms with Crippen molar-refractivity contribution in [1.82, 2.24) is 21.1 Å². The van der Waals surface area contributed by atoms with E-state index < -0.39 is 71.8 Å². The van der Waals surface area contributed by atoms with Crippen LogP contribution in [0.3, 0.4) is 0 Å². The molecule has 3 amide bonds. The molecule has 2 aliphatic heterocycles. The lowest BCUT2D eigenvalue weighted by Crippen LogP contribution is -2.62. The number of phenolic OH excluding ortho intramolecular Hbond substituents is 1. The number of hydrazine groups is 1. The van der Waals surface area contributed by atoms with Crippen LogP contribution in [0.1, 0.15) is 124 Å². The summed E-state index contributed by atoms with van der Waals surface area (Å²) < 4.78 is 6.12. The number of phenols is 1. The minimum atomic E-state index is -1.17. The van der Waals surface area contributed by atoms with E-state index in [1.165, 1.54) is 56.2 Å². The standard InChI is InChI=1S/C49H70N4O9/c1-32(2)44-47(59)50-42(31-37-20-14-22-39(56)30-37)48(60)53-29-15-23-41(52-53)49(61)62-43(33(3)17-13-21-38(55)27-26-36-18-10-8-11-19-36)24-12-7-6-9-16-34(4)45(57)40(46(58)51-44)28-25-35(5)54/h6-7,9,12-14,17,20-22,30,32,34,36,40-45,52,56-57H,8,10-11,15-16,18-19,23-29,31H2,1-5H3,(H,50,59)(H,51,58)/t34-,40+,41?,42-,43-,44-,45+/m0/s1. The van der Waals surface area contributed by atoms with Crippen molar-refractivity contribution < 1.29 is 43.7 Å². The third-order valence-corrected chi connectivity index (χ3v) is 12.3. The van der Waals surface area contributed by atoms with Gasteiger partial charge in [0.15, 0.2) is 5.78 Å². The molecule has 7 atom stereocenters. The van der Waals surface area contributed by atoms with Crippen molar-refractivity contribution in [2.75, 3.05) is 6.54 Å². The number of aliphatic hydroxyl groups is 1. The van der Waals surface area contributed by atoms with E-state index in [-0.39, 0.29) is 43.1 Å². The van der Waals surface area contributed by atoms with E-state index in [9.17, 15) is 39.0 Å². The average Bonchev–Trinajstić information content (AvgIpc) is 3.24. The van der Waals surface area contributed by atoms with E-state index in [1.54, 1.807) is 44.2 Å². The number of esters is 1. The number of rotatable bonds is 12. The van der Waals surface area contributed by atoms with Gasteiger partial charge in [-0.2, -0.15) is 0 Å². The Morgan fingerprint density at radius 3 is 2.34 bits per heavy atom. The monoisotopic (exact) mass is 859 g/mol. The number of amides is 3. The molecule has 340 valence electrons. The Labute approximate surface area is 367 Å². The van der Waals surface area contributed by atoms with Crippen LogP contribution in [0.2, 0.25) is 0 Å². The number of aromatic hydroxyl groups is 1. The lowest BCUT2D eigenvalue weighted by molar-refractivity contribution is -0.156. The fourth-order valence-corrected chi connectivity index (χ4v) is 8.35. The molecule has 13 nitrogen and oxygen atoms in total. The summed E-state index contributed by atoms with van der Waals surface area (Å²) in [6, 6.07) is 3.19. The number of ketones is 2. The molecule has 2 fully saturated rings. The van der Waals surface area contributed by atoms with E-state index in [1.807, 2.05) is 38.2 Å². The maximum atomic E-state index is 14.4. The van der Waals surface area contributed by atoms with Gasteiger partial charge in [-0.3, -0.25) is 29.0 Å². The molecule has 1 aliphatic carbocycles. The number of Topliss-reactive ketones (excluding diaryl/α,β-unsaturated/α-hetero) is 1. The second kappa shape index (κ2) is 25.3. The zero-order chi connectivity index (χ0) is 45.2. The SMILES string of the molecule is CC(=O)CC[C@H]1C(=O)N[C@@H](C(C)C)C(=O)N[C@@H](Cc2cccc(O)c2)C(=O)N2CCCC(N2)C(=O)O[C@H](C(C)=CC=CC(=O)CCC2CCCCC2)CC=CC=CC[C@H](C)[C@H]1O. The predicted octanol–water partition coefficient (Wildman–Crippen LogP) is 6.29. The number of ether oxygens (including phenoxy) is 1. The van der Waals surface area contributed by atoms with Crippen molar-refractivity contribution in [2.45, 2.75) is 155 Å². The van der Waals surface area contributed by atoms with E-state index in [0.29, 0.717) is 43.6 Å². The predicted molar refractivity (Wildman–Crippen MR) is 238 cm³/mol. The van der Waals surface area contributed by atoms with Crippen LogP contribution in [0.4, 0.5) is 0 Å². The summed E-state index contributed by atoms with van der Waals surface area (Å²) in [5, 5.41) is 28.7. The van der Waals surface area contributed by atoms with Gasteiger partial charge >= 0.3 is 5.97 Å². The Morgan fingerprint density at radius 2 is 1.65 bits per heavy atom. The number of nitrogens with zero attached hydrogens (tertiary/aromatic N) is 1. The van der Waals surface area contributed by atoms with Gasteiger partial charge < -0.3 is 30.4 Å². The molecule has 1 aromatic rings. The van der Waals surface area contributed by atoms with E-state index >= 15 is 0 Å². The van der Waals surface area contributed by atoms with Crippen molar-refractivity contribution in [3.8, 4) is 5.75 Å². The Morgan fingerprint density at radius 1 is 0.919 bits per heavy atom. The first kappa shape index (κ1) is 49.8. The van der Waals surface area contributed by atoms with E-state index in [4.69, 9.17) is 4.74 Å². The number of benzene rings is 1. The lowest BCUT2D eigenvalue weighted by Gasteiger charge is -2.36. The van der Waals surface area contributed by atoms with Crippen LogP contribution in [0.5, 0.6) is 5.75 Å². The molecule has 13 heteroatoms. The molecule has 2 bridgehead atoms. The summed E-state index contributed by atoms with van der Waals surface area (Å²) in [4.78, 5) is 81.1. The normalized spacial score (nSPS) is 27.0. The summed E-state index contributed by atoms with van der Waals surface area (Å²) in [5.74, 6) is -3.59. The van der Waals surface area contributed by atoms with Crippen LogP contribution in [0.15, 0.2) is 72.4 Å². The Hall–Kier alpha value is -4.88. The molecule has 1 aromatic carbocycles. The minimum Gasteiger partial charge on any atom is -0.508 e. The second-order valence-corrected chi connectivity index (χ2v) is 17.8. The second-order valence-electron chi connectivity index (χ2n) is 17.8. The highest BCUT2D eigenvalue weighted by Gasteiger charge is 2.38. The van der Waals surface area contributed by atoms with Crippen molar-refractivity contribution in [3.05, 3.63) is 77.9 Å². The Balaban J connectivity index is 1.64. The third-order valence-electron chi connectivity index (χ3n) is 12.3. The number of carbonyl (C=O) groups is 6. The molecule has 0 radical (unpaired) electrons. The summed E-state index contributed by atoms with van der Waals surface area (Å²) in [7, 11) is 0. The van der Waals surface area contributed by atoms with E-state index in [2.05, 4.69) is 16.1 Å². The van der Waals surface area contributed by atoms with Gasteiger partial charge in [0, 0.05) is 32.2 Å². The third kappa shape index (κ3) is 16.1. The molecular formula is C49H70N4O9. The van der Waals surface area contributed by atoms with Gasteiger partial charge in [0.05, 0.1) is 12.0 Å². The first-order valence-electron chi connectivity index (χ1n) is 22.7. The molecule has 62 heavy (non-hydrogen) atoms. The molecular weight excluding hydrogens is 789 g/mol. The van der Waals surface area contributed by atoms with Gasteiger partial charge in [-0.05, 0) is 93.1 Å². The number of allylic oxidation sites excluding steroid dienone is 6. The molecule has 1 unspecified atom stereocenters. The summed E-state index contributed by atoms with van der Waals surface area (Å²) in [6.45, 7) is 8.82.